The summed E-state index contributed by atoms with van der Waals surface area (Å²) in [6.45, 7) is -0.885. The number of carbonyl (C=O) groups is 2. The topological polar surface area (TPSA) is 157 Å². The molecule has 136 valence electrons. The number of nitrogens with two attached hydrogens (primary N) is 1. The molecule has 0 bridgehead atoms. The summed E-state index contributed by atoms with van der Waals surface area (Å²) in [7, 11) is 0. The van der Waals surface area contributed by atoms with Gasteiger partial charge in [-0.25, -0.2) is 4.99 Å². The first-order valence-electron chi connectivity index (χ1n) is 7.63. The Kier molecular flexibility index (Phi) is 7.95. The molecule has 10 heteroatoms. The fourth-order valence-corrected chi connectivity index (χ4v) is 2.78. The minimum absolute atomic E-state index is 0.0372. The van der Waals surface area contributed by atoms with Gasteiger partial charge in [-0.1, -0.05) is 0 Å². The molecular formula is C14H25N4O6+. The smallest absolute Gasteiger partial charge is 0.305 e. The summed E-state index contributed by atoms with van der Waals surface area (Å²) in [5.41, 5.74) is 5.17. The Morgan fingerprint density at radius 3 is 2.04 bits per heavy atom. The number of quaternary nitrogens is 1. The maximum absolute atomic E-state index is 12.7. The van der Waals surface area contributed by atoms with Gasteiger partial charge in [0.15, 0.2) is 5.70 Å². The summed E-state index contributed by atoms with van der Waals surface area (Å²) >= 11 is 0. The van der Waals surface area contributed by atoms with Crippen LogP contribution in [-0.4, -0.2) is 107 Å². The molecule has 0 aromatic heterocycles. The average Bonchev–Trinajstić information content (AvgIpc) is 2.54. The van der Waals surface area contributed by atoms with Crippen molar-refractivity contribution in [1.29, 1.82) is 0 Å². The van der Waals surface area contributed by atoms with Gasteiger partial charge in [0.2, 0.25) is 5.70 Å². The van der Waals surface area contributed by atoms with Crippen molar-refractivity contribution in [1.82, 2.24) is 4.90 Å². The highest BCUT2D eigenvalue weighted by Gasteiger charge is 2.42. The third-order valence-corrected chi connectivity index (χ3v) is 3.87. The molecule has 6 N–H and O–H groups in total. The Labute approximate surface area is 139 Å². The van der Waals surface area contributed by atoms with Crippen LogP contribution in [0, 0.1) is 0 Å². The van der Waals surface area contributed by atoms with Crippen molar-refractivity contribution in [2.24, 2.45) is 10.7 Å². The molecule has 24 heavy (non-hydrogen) atoms. The van der Waals surface area contributed by atoms with Gasteiger partial charge in [0.05, 0.1) is 32.6 Å². The van der Waals surface area contributed by atoms with Gasteiger partial charge in [-0.3, -0.25) is 14.1 Å². The van der Waals surface area contributed by atoms with Crippen LogP contribution in [0.5, 0.6) is 0 Å². The lowest BCUT2D eigenvalue weighted by molar-refractivity contribution is -0.880. The number of primary amides is 1. The molecule has 0 fully saturated rings. The fraction of sp³-hybridized carbons (Fsp3) is 0.643. The van der Waals surface area contributed by atoms with E-state index in [4.69, 9.17) is 15.9 Å². The molecule has 0 saturated carbocycles. The number of aliphatic hydroxyl groups is 4. The van der Waals surface area contributed by atoms with E-state index < -0.39 is 11.8 Å². The van der Waals surface area contributed by atoms with Crippen molar-refractivity contribution in [3.8, 4) is 0 Å². The van der Waals surface area contributed by atoms with Crippen molar-refractivity contribution >= 4 is 18.0 Å². The van der Waals surface area contributed by atoms with Gasteiger partial charge < -0.3 is 31.1 Å². The lowest BCUT2D eigenvalue weighted by atomic mass is 10.1. The van der Waals surface area contributed by atoms with Crippen LogP contribution in [0.3, 0.4) is 0 Å². The van der Waals surface area contributed by atoms with Crippen LogP contribution in [-0.2, 0) is 9.59 Å². The van der Waals surface area contributed by atoms with Crippen LogP contribution in [0.15, 0.2) is 16.4 Å². The Balaban J connectivity index is 3.38. The summed E-state index contributed by atoms with van der Waals surface area (Å²) in [5.74, 6) is -1.52. The lowest BCUT2D eigenvalue weighted by Crippen LogP contribution is -2.57. The SMILES string of the molecule is NC(=O)C1=C(C(=O)N(CCO)CCO)N=CC[N+]1(CCO)CCO. The number of aliphatic imine (C=N–C) groups is 1. The molecule has 1 heterocycles. The number of amides is 2. The van der Waals surface area contributed by atoms with Gasteiger partial charge in [-0.15, -0.1) is 0 Å². The van der Waals surface area contributed by atoms with Gasteiger partial charge in [-0.05, 0) is 0 Å². The Morgan fingerprint density at radius 1 is 1.08 bits per heavy atom. The van der Waals surface area contributed by atoms with E-state index >= 15 is 0 Å². The zero-order valence-corrected chi connectivity index (χ0v) is 13.5. The van der Waals surface area contributed by atoms with E-state index in [1.165, 1.54) is 6.21 Å². The van der Waals surface area contributed by atoms with Crippen molar-refractivity contribution in [2.75, 3.05) is 59.2 Å². The largest absolute Gasteiger partial charge is 0.395 e. The molecule has 0 saturated heterocycles. The zero-order valence-electron chi connectivity index (χ0n) is 13.5. The van der Waals surface area contributed by atoms with Gasteiger partial charge in [0.1, 0.15) is 19.6 Å². The van der Waals surface area contributed by atoms with Crippen LogP contribution in [0.2, 0.25) is 0 Å². The molecule has 0 unspecified atom stereocenters. The number of hydrogen-bond donors (Lipinski definition) is 5. The van der Waals surface area contributed by atoms with Crippen LogP contribution in [0.1, 0.15) is 0 Å². The normalized spacial score (nSPS) is 16.3. The predicted molar refractivity (Wildman–Crippen MR) is 84.5 cm³/mol. The third-order valence-electron chi connectivity index (χ3n) is 3.87. The first-order chi connectivity index (χ1) is 11.5. The second-order valence-electron chi connectivity index (χ2n) is 5.33. The fourth-order valence-electron chi connectivity index (χ4n) is 2.78. The minimum Gasteiger partial charge on any atom is -0.395 e. The highest BCUT2D eigenvalue weighted by molar-refractivity contribution is 6.04. The molecule has 1 aliphatic rings. The van der Waals surface area contributed by atoms with E-state index in [2.05, 4.69) is 4.99 Å². The quantitative estimate of drug-likeness (QED) is 0.257. The van der Waals surface area contributed by atoms with Crippen molar-refractivity contribution in [2.45, 2.75) is 0 Å². The van der Waals surface area contributed by atoms with Gasteiger partial charge >= 0.3 is 5.91 Å². The van der Waals surface area contributed by atoms with Crippen molar-refractivity contribution < 1.29 is 34.5 Å². The Hall–Kier alpha value is -1.85. The standard InChI is InChI=1S/C14H24N4O6/c15-13(23)12-11(14(24)17(2-7-19)3-8-20)16-1-4-18(12,5-9-21)6-10-22/h1,19-22H,2-10H2,(H-,15,23)/p+1. The van der Waals surface area contributed by atoms with Gasteiger partial charge in [0.25, 0.3) is 5.91 Å². The van der Waals surface area contributed by atoms with E-state index in [1.54, 1.807) is 0 Å². The summed E-state index contributed by atoms with van der Waals surface area (Å²) in [6, 6.07) is 0. The summed E-state index contributed by atoms with van der Waals surface area (Å²) in [5, 5.41) is 36.8. The number of aliphatic hydroxyl groups excluding tert-OH is 4. The highest BCUT2D eigenvalue weighted by atomic mass is 16.3. The molecule has 10 nitrogen and oxygen atoms in total. The second kappa shape index (κ2) is 9.45. The average molecular weight is 345 g/mol. The second-order valence-corrected chi connectivity index (χ2v) is 5.33. The van der Waals surface area contributed by atoms with E-state index in [0.717, 1.165) is 4.90 Å². The minimum atomic E-state index is -0.870. The first kappa shape index (κ1) is 20.2. The maximum Gasteiger partial charge on any atom is 0.305 e. The van der Waals surface area contributed by atoms with Gasteiger partial charge in [-0.2, -0.15) is 0 Å². The molecule has 0 aromatic rings. The number of carbonyl (C=O) groups excluding carboxylic acids is 2. The number of nitrogens with zero attached hydrogens (tertiary/aromatic N) is 3. The van der Waals surface area contributed by atoms with E-state index in [9.17, 15) is 19.8 Å². The molecule has 0 atom stereocenters. The molecule has 0 aromatic carbocycles. The van der Waals surface area contributed by atoms with Crippen molar-refractivity contribution in [3.05, 3.63) is 11.4 Å². The third kappa shape index (κ3) is 4.36. The monoisotopic (exact) mass is 345 g/mol. The van der Waals surface area contributed by atoms with Crippen molar-refractivity contribution in [3.63, 3.8) is 0 Å². The molecule has 1 rings (SSSR count). The molecule has 0 radical (unpaired) electrons. The Bertz CT molecular complexity index is 507. The molecule has 0 spiro atoms. The molecule has 2 amide bonds. The maximum atomic E-state index is 12.7. The van der Waals surface area contributed by atoms with E-state index in [-0.39, 0.29) is 75.0 Å². The molecule has 0 aliphatic carbocycles. The van der Waals surface area contributed by atoms with Crippen LogP contribution >= 0.6 is 0 Å². The predicted octanol–water partition coefficient (Wildman–Crippen LogP) is -3.62. The Morgan fingerprint density at radius 2 is 1.62 bits per heavy atom. The molecule has 1 aliphatic heterocycles. The van der Waals surface area contributed by atoms with Crippen LogP contribution < -0.4 is 5.73 Å². The van der Waals surface area contributed by atoms with E-state index in [1.807, 2.05) is 0 Å². The number of rotatable bonds is 10. The first-order valence-corrected chi connectivity index (χ1v) is 7.63. The summed E-state index contributed by atoms with van der Waals surface area (Å²) in [4.78, 5) is 29.9. The van der Waals surface area contributed by atoms with Crippen LogP contribution in [0.4, 0.5) is 0 Å². The van der Waals surface area contributed by atoms with E-state index in [0.29, 0.717) is 0 Å². The molecular weight excluding hydrogens is 320 g/mol. The summed E-state index contributed by atoms with van der Waals surface area (Å²) < 4.78 is -0.182. The number of hydrogen-bond acceptors (Lipinski definition) is 7. The zero-order chi connectivity index (χ0) is 18.2. The van der Waals surface area contributed by atoms with Crippen LogP contribution in [0.25, 0.3) is 0 Å². The highest BCUT2D eigenvalue weighted by Crippen LogP contribution is 2.25. The summed E-state index contributed by atoms with van der Waals surface area (Å²) in [6.07, 6.45) is 1.43. The van der Waals surface area contributed by atoms with Gasteiger partial charge in [0, 0.05) is 13.1 Å². The lowest BCUT2D eigenvalue weighted by Gasteiger charge is -2.39.